The fourth-order valence-corrected chi connectivity index (χ4v) is 3.71. The van der Waals surface area contributed by atoms with Crippen LogP contribution >= 0.6 is 11.6 Å². The van der Waals surface area contributed by atoms with Gasteiger partial charge in [0.15, 0.2) is 11.0 Å². The number of rotatable bonds is 3. The highest BCUT2D eigenvalue weighted by molar-refractivity contribution is 6.33. The number of nitrogens with zero attached hydrogens (tertiary/aromatic N) is 5. The summed E-state index contributed by atoms with van der Waals surface area (Å²) in [5, 5.41) is 5.11. The minimum Gasteiger partial charge on any atom is -0.331 e. The molecule has 3 aromatic heterocycles. The number of aryl methyl sites for hydroxylation is 1. The van der Waals surface area contributed by atoms with Gasteiger partial charge in [-0.05, 0) is 11.1 Å². The van der Waals surface area contributed by atoms with Gasteiger partial charge in [-0.2, -0.15) is 0 Å². The number of hydrogen-bond acceptors (Lipinski definition) is 3. The van der Waals surface area contributed by atoms with E-state index in [2.05, 4.69) is 34.2 Å². The van der Waals surface area contributed by atoms with Crippen LogP contribution in [0.5, 0.6) is 0 Å². The zero-order valence-corrected chi connectivity index (χ0v) is 17.9. The molecule has 0 radical (unpaired) electrons. The van der Waals surface area contributed by atoms with Crippen molar-refractivity contribution >= 4 is 17.1 Å². The van der Waals surface area contributed by atoms with Crippen LogP contribution in [0.2, 0.25) is 5.15 Å². The molecular formula is C24H22ClN5. The standard InChI is InChI=1S/C22H16ClN5.C2H6/c1-27-13-12-24-22(27)21-25-20(23)19-18(16-10-6-3-7-11-16)17(14-28(19)26-21)15-8-4-2-5-9-15;1-2/h2-14H,1H3;1-2H3. The summed E-state index contributed by atoms with van der Waals surface area (Å²) in [6, 6.07) is 20.4. The molecule has 0 N–H and O–H groups in total. The predicted molar refractivity (Wildman–Crippen MR) is 122 cm³/mol. The molecule has 0 saturated heterocycles. The van der Waals surface area contributed by atoms with Crippen LogP contribution in [0.15, 0.2) is 79.3 Å². The van der Waals surface area contributed by atoms with Crippen LogP contribution in [0.4, 0.5) is 0 Å². The van der Waals surface area contributed by atoms with E-state index in [1.54, 1.807) is 6.20 Å². The minimum atomic E-state index is 0.397. The lowest BCUT2D eigenvalue weighted by Crippen LogP contribution is -2.02. The Morgan fingerprint density at radius 3 is 2.10 bits per heavy atom. The van der Waals surface area contributed by atoms with E-state index < -0.39 is 0 Å². The average Bonchev–Trinajstić information content (AvgIpc) is 3.40. The summed E-state index contributed by atoms with van der Waals surface area (Å²) in [6.07, 6.45) is 5.58. The van der Waals surface area contributed by atoms with Crippen LogP contribution in [-0.4, -0.2) is 24.1 Å². The molecule has 5 nitrogen and oxygen atoms in total. The van der Waals surface area contributed by atoms with Crippen LogP contribution in [-0.2, 0) is 7.05 Å². The van der Waals surface area contributed by atoms with Crippen molar-refractivity contribution in [3.05, 3.63) is 84.4 Å². The van der Waals surface area contributed by atoms with Crippen molar-refractivity contribution in [2.75, 3.05) is 0 Å². The van der Waals surface area contributed by atoms with Gasteiger partial charge < -0.3 is 4.57 Å². The first-order valence-electron chi connectivity index (χ1n) is 9.90. The molecule has 0 spiro atoms. The molecule has 3 heterocycles. The largest absolute Gasteiger partial charge is 0.331 e. The van der Waals surface area contributed by atoms with E-state index in [1.807, 2.05) is 78.8 Å². The average molecular weight is 416 g/mol. The normalized spacial score (nSPS) is 10.7. The number of fused-ring (bicyclic) bond motifs is 1. The maximum atomic E-state index is 6.68. The van der Waals surface area contributed by atoms with Gasteiger partial charge in [0, 0.05) is 36.8 Å². The Morgan fingerprint density at radius 2 is 1.50 bits per heavy atom. The van der Waals surface area contributed by atoms with Crippen molar-refractivity contribution in [2.45, 2.75) is 13.8 Å². The Hall–Kier alpha value is -3.44. The smallest absolute Gasteiger partial charge is 0.217 e. The summed E-state index contributed by atoms with van der Waals surface area (Å²) >= 11 is 6.68. The topological polar surface area (TPSA) is 48.0 Å². The minimum absolute atomic E-state index is 0.397. The predicted octanol–water partition coefficient (Wildman–Crippen LogP) is 6.14. The summed E-state index contributed by atoms with van der Waals surface area (Å²) in [5.74, 6) is 1.15. The number of benzene rings is 2. The Labute approximate surface area is 180 Å². The van der Waals surface area contributed by atoms with Crippen molar-refractivity contribution in [3.8, 4) is 33.9 Å². The van der Waals surface area contributed by atoms with Crippen LogP contribution in [0.3, 0.4) is 0 Å². The van der Waals surface area contributed by atoms with Crippen LogP contribution < -0.4 is 0 Å². The molecule has 5 aromatic rings. The summed E-state index contributed by atoms with van der Waals surface area (Å²) < 4.78 is 3.68. The Morgan fingerprint density at radius 1 is 0.867 bits per heavy atom. The van der Waals surface area contributed by atoms with Gasteiger partial charge in [-0.15, -0.1) is 5.10 Å². The molecule has 0 saturated carbocycles. The zero-order chi connectivity index (χ0) is 21.1. The third-order valence-electron chi connectivity index (χ3n) is 4.76. The van der Waals surface area contributed by atoms with Gasteiger partial charge in [-0.25, -0.2) is 14.5 Å². The molecule has 0 fully saturated rings. The number of aromatic nitrogens is 5. The molecule has 0 aliphatic heterocycles. The first kappa shape index (κ1) is 19.9. The molecule has 150 valence electrons. The number of imidazole rings is 1. The third kappa shape index (κ3) is 3.48. The van der Waals surface area contributed by atoms with E-state index in [4.69, 9.17) is 16.7 Å². The van der Waals surface area contributed by atoms with E-state index in [0.717, 1.165) is 27.8 Å². The SMILES string of the molecule is CC.Cn1ccnc1-c1nc(Cl)c2c(-c3ccccc3)c(-c3ccccc3)cn2n1. The van der Waals surface area contributed by atoms with E-state index in [1.165, 1.54) is 0 Å². The van der Waals surface area contributed by atoms with Crippen LogP contribution in [0.25, 0.3) is 39.4 Å². The van der Waals surface area contributed by atoms with Crippen molar-refractivity contribution in [1.29, 1.82) is 0 Å². The molecule has 5 rings (SSSR count). The van der Waals surface area contributed by atoms with Gasteiger partial charge in [0.05, 0.1) is 0 Å². The Bertz CT molecular complexity index is 1270. The molecule has 0 bridgehead atoms. The maximum Gasteiger partial charge on any atom is 0.217 e. The lowest BCUT2D eigenvalue weighted by molar-refractivity contribution is 0.860. The van der Waals surface area contributed by atoms with E-state index in [-0.39, 0.29) is 0 Å². The molecule has 30 heavy (non-hydrogen) atoms. The molecule has 0 unspecified atom stereocenters. The highest BCUT2D eigenvalue weighted by atomic mass is 35.5. The molecule has 0 atom stereocenters. The molecule has 0 amide bonds. The molecule has 0 aliphatic carbocycles. The van der Waals surface area contributed by atoms with Gasteiger partial charge in [0.25, 0.3) is 0 Å². The summed E-state index contributed by atoms with van der Waals surface area (Å²) in [5.41, 5.74) is 5.02. The summed E-state index contributed by atoms with van der Waals surface area (Å²) in [4.78, 5) is 8.89. The molecule has 0 aliphatic rings. The quantitative estimate of drug-likeness (QED) is 0.355. The van der Waals surface area contributed by atoms with E-state index in [9.17, 15) is 0 Å². The van der Waals surface area contributed by atoms with E-state index >= 15 is 0 Å². The second-order valence-electron chi connectivity index (χ2n) is 6.53. The summed E-state index contributed by atoms with van der Waals surface area (Å²) in [6.45, 7) is 4.00. The third-order valence-corrected chi connectivity index (χ3v) is 5.02. The molecular weight excluding hydrogens is 394 g/mol. The van der Waals surface area contributed by atoms with Crippen LogP contribution in [0.1, 0.15) is 13.8 Å². The van der Waals surface area contributed by atoms with Gasteiger partial charge >= 0.3 is 0 Å². The number of hydrogen-bond donors (Lipinski definition) is 0. The maximum absolute atomic E-state index is 6.68. The fourth-order valence-electron chi connectivity index (χ4n) is 3.45. The lowest BCUT2D eigenvalue weighted by atomic mass is 9.98. The van der Waals surface area contributed by atoms with Crippen LogP contribution in [0, 0.1) is 0 Å². The van der Waals surface area contributed by atoms with Gasteiger partial charge in [-0.3, -0.25) is 0 Å². The summed E-state index contributed by atoms with van der Waals surface area (Å²) in [7, 11) is 1.91. The van der Waals surface area contributed by atoms with Crippen molar-refractivity contribution in [2.24, 2.45) is 7.05 Å². The highest BCUT2D eigenvalue weighted by Crippen LogP contribution is 2.39. The monoisotopic (exact) mass is 415 g/mol. The number of halogens is 1. The Balaban J connectivity index is 0.00000106. The zero-order valence-electron chi connectivity index (χ0n) is 17.1. The first-order chi connectivity index (χ1) is 14.7. The first-order valence-corrected chi connectivity index (χ1v) is 10.3. The second-order valence-corrected chi connectivity index (χ2v) is 6.89. The fraction of sp³-hybridized carbons (Fsp3) is 0.125. The Kier molecular flexibility index (Phi) is 5.63. The second kappa shape index (κ2) is 8.51. The molecule has 6 heteroatoms. The van der Waals surface area contributed by atoms with E-state index in [0.29, 0.717) is 16.8 Å². The molecule has 2 aromatic carbocycles. The van der Waals surface area contributed by atoms with Crippen molar-refractivity contribution in [1.82, 2.24) is 24.1 Å². The van der Waals surface area contributed by atoms with Crippen molar-refractivity contribution < 1.29 is 0 Å². The van der Waals surface area contributed by atoms with Gasteiger partial charge in [-0.1, -0.05) is 86.1 Å². The highest BCUT2D eigenvalue weighted by Gasteiger charge is 2.20. The lowest BCUT2D eigenvalue weighted by Gasteiger charge is -2.07. The van der Waals surface area contributed by atoms with Gasteiger partial charge in [0.1, 0.15) is 5.52 Å². The van der Waals surface area contributed by atoms with Gasteiger partial charge in [0.2, 0.25) is 5.82 Å². The van der Waals surface area contributed by atoms with Crippen molar-refractivity contribution in [3.63, 3.8) is 0 Å².